The fourth-order valence-electron chi connectivity index (χ4n) is 2.32. The third kappa shape index (κ3) is 2.08. The molecule has 3 aromatic heterocycles. The lowest BCUT2D eigenvalue weighted by Gasteiger charge is -2.07. The molecule has 3 heterocycles. The summed E-state index contributed by atoms with van der Waals surface area (Å²) in [7, 11) is 0. The Labute approximate surface area is 130 Å². The molecule has 0 aliphatic rings. The molecule has 0 atom stereocenters. The molecule has 0 saturated heterocycles. The van der Waals surface area contributed by atoms with E-state index in [4.69, 9.17) is 12.2 Å². The Morgan fingerprint density at radius 1 is 1.05 bits per heavy atom. The number of aromatic nitrogens is 6. The monoisotopic (exact) mass is 306 g/mol. The van der Waals surface area contributed by atoms with Gasteiger partial charge in [-0.2, -0.15) is 5.10 Å². The van der Waals surface area contributed by atoms with Gasteiger partial charge in [0, 0.05) is 24.0 Å². The molecule has 1 N–H and O–H groups in total. The molecule has 22 heavy (non-hydrogen) atoms. The van der Waals surface area contributed by atoms with Crippen LogP contribution < -0.4 is 0 Å². The summed E-state index contributed by atoms with van der Waals surface area (Å²) in [4.78, 5) is 12.7. The van der Waals surface area contributed by atoms with E-state index in [-0.39, 0.29) is 0 Å². The van der Waals surface area contributed by atoms with Gasteiger partial charge in [0.25, 0.3) is 0 Å². The van der Waals surface area contributed by atoms with Crippen LogP contribution in [0.4, 0.5) is 0 Å². The van der Waals surface area contributed by atoms with Crippen LogP contribution in [-0.2, 0) is 0 Å². The summed E-state index contributed by atoms with van der Waals surface area (Å²) in [6, 6.07) is 9.86. The van der Waals surface area contributed by atoms with Crippen molar-refractivity contribution in [2.75, 3.05) is 0 Å². The fraction of sp³-hybridized carbons (Fsp3) is 0. The van der Waals surface area contributed by atoms with Crippen LogP contribution in [0.1, 0.15) is 0 Å². The fourth-order valence-corrected chi connectivity index (χ4v) is 2.56. The second-order valence-corrected chi connectivity index (χ2v) is 5.05. The largest absolute Gasteiger partial charge is 0.267 e. The van der Waals surface area contributed by atoms with Gasteiger partial charge in [0.1, 0.15) is 5.69 Å². The first-order valence-corrected chi connectivity index (χ1v) is 7.03. The summed E-state index contributed by atoms with van der Waals surface area (Å²) in [5.74, 6) is 0.626. The van der Waals surface area contributed by atoms with Gasteiger partial charge in [0.15, 0.2) is 10.6 Å². The van der Waals surface area contributed by atoms with Crippen molar-refractivity contribution in [2.24, 2.45) is 0 Å². The first-order chi connectivity index (χ1) is 10.8. The van der Waals surface area contributed by atoms with E-state index < -0.39 is 0 Å². The zero-order chi connectivity index (χ0) is 14.9. The van der Waals surface area contributed by atoms with Crippen molar-refractivity contribution in [3.8, 4) is 17.2 Å². The minimum Gasteiger partial charge on any atom is -0.267 e. The van der Waals surface area contributed by atoms with Crippen LogP contribution in [0.2, 0.25) is 0 Å². The zero-order valence-electron chi connectivity index (χ0n) is 11.3. The molecule has 0 amide bonds. The quantitative estimate of drug-likeness (QED) is 0.576. The molecular formula is C15H10N6S. The molecule has 4 aromatic rings. The summed E-state index contributed by atoms with van der Waals surface area (Å²) in [6.07, 6.45) is 6.68. The van der Waals surface area contributed by atoms with E-state index in [1.54, 1.807) is 24.8 Å². The summed E-state index contributed by atoms with van der Waals surface area (Å²) < 4.78 is 2.34. The van der Waals surface area contributed by atoms with Crippen molar-refractivity contribution >= 4 is 23.1 Å². The maximum atomic E-state index is 5.36. The lowest BCUT2D eigenvalue weighted by molar-refractivity contribution is 1.03. The Kier molecular flexibility index (Phi) is 2.97. The molecule has 0 aliphatic carbocycles. The average Bonchev–Trinajstić information content (AvgIpc) is 2.97. The van der Waals surface area contributed by atoms with Crippen molar-refractivity contribution < 1.29 is 0 Å². The van der Waals surface area contributed by atoms with Gasteiger partial charge in [0.2, 0.25) is 0 Å². The van der Waals surface area contributed by atoms with Crippen molar-refractivity contribution in [3.05, 3.63) is 59.9 Å². The molecule has 6 nitrogen and oxygen atoms in total. The number of nitrogens with zero attached hydrogens (tertiary/aromatic N) is 5. The van der Waals surface area contributed by atoms with E-state index in [0.717, 1.165) is 16.6 Å². The van der Waals surface area contributed by atoms with Gasteiger partial charge >= 0.3 is 0 Å². The Morgan fingerprint density at radius 3 is 2.86 bits per heavy atom. The van der Waals surface area contributed by atoms with E-state index in [1.165, 1.54) is 0 Å². The number of hydrogen-bond acceptors (Lipinski definition) is 5. The van der Waals surface area contributed by atoms with E-state index >= 15 is 0 Å². The van der Waals surface area contributed by atoms with Gasteiger partial charge in [-0.15, -0.1) is 0 Å². The maximum absolute atomic E-state index is 5.36. The number of hydrogen-bond donors (Lipinski definition) is 1. The number of benzene rings is 1. The van der Waals surface area contributed by atoms with Crippen LogP contribution in [0.5, 0.6) is 0 Å². The topological polar surface area (TPSA) is 72.3 Å². The van der Waals surface area contributed by atoms with Crippen molar-refractivity contribution in [3.63, 3.8) is 0 Å². The van der Waals surface area contributed by atoms with Crippen LogP contribution in [0.3, 0.4) is 0 Å². The number of pyridine rings is 1. The zero-order valence-corrected chi connectivity index (χ0v) is 12.2. The van der Waals surface area contributed by atoms with Gasteiger partial charge in [0.05, 0.1) is 17.4 Å². The van der Waals surface area contributed by atoms with Crippen LogP contribution >= 0.6 is 12.2 Å². The Hall–Kier alpha value is -2.93. The lowest BCUT2D eigenvalue weighted by atomic mass is 10.2. The van der Waals surface area contributed by atoms with Crippen LogP contribution in [0.25, 0.3) is 28.1 Å². The second-order valence-electron chi connectivity index (χ2n) is 4.66. The molecule has 1 aromatic carbocycles. The molecule has 0 saturated carbocycles. The normalized spacial score (nSPS) is 10.9. The summed E-state index contributed by atoms with van der Waals surface area (Å²) in [6.45, 7) is 0. The molecule has 0 radical (unpaired) electrons. The Bertz CT molecular complexity index is 1010. The molecule has 4 rings (SSSR count). The van der Waals surface area contributed by atoms with Gasteiger partial charge in [-0.1, -0.05) is 6.07 Å². The summed E-state index contributed by atoms with van der Waals surface area (Å²) in [5.41, 5.74) is 2.49. The first-order valence-electron chi connectivity index (χ1n) is 6.62. The second kappa shape index (κ2) is 5.12. The highest BCUT2D eigenvalue weighted by Crippen LogP contribution is 2.22. The maximum Gasteiger partial charge on any atom is 0.200 e. The number of aromatic amines is 1. The third-order valence-electron chi connectivity index (χ3n) is 3.31. The van der Waals surface area contributed by atoms with Gasteiger partial charge in [-0.05, 0) is 36.5 Å². The molecular weight excluding hydrogens is 296 g/mol. The molecule has 7 heteroatoms. The smallest absolute Gasteiger partial charge is 0.200 e. The molecule has 0 bridgehead atoms. The van der Waals surface area contributed by atoms with Crippen LogP contribution in [0, 0.1) is 4.77 Å². The van der Waals surface area contributed by atoms with E-state index in [0.29, 0.717) is 16.3 Å². The first kappa shape index (κ1) is 12.8. The average molecular weight is 306 g/mol. The number of rotatable bonds is 2. The Balaban J connectivity index is 1.95. The predicted molar refractivity (Wildman–Crippen MR) is 85.1 cm³/mol. The van der Waals surface area contributed by atoms with E-state index in [9.17, 15) is 0 Å². The van der Waals surface area contributed by atoms with Crippen LogP contribution in [-0.4, -0.2) is 29.7 Å². The van der Waals surface area contributed by atoms with Crippen molar-refractivity contribution in [2.45, 2.75) is 0 Å². The summed E-state index contributed by atoms with van der Waals surface area (Å²) in [5, 5.41) is 8.12. The molecule has 106 valence electrons. The van der Waals surface area contributed by atoms with Crippen molar-refractivity contribution in [1.82, 2.24) is 29.7 Å². The lowest BCUT2D eigenvalue weighted by Crippen LogP contribution is -1.99. The number of fused-ring (bicyclic) bond motifs is 1. The standard InChI is InChI=1S/C15H10N6S/c22-15-20-19-14(13-9-16-6-7-18-13)21(15)11-3-4-12-10(8-11)2-1-5-17-12/h1-9H,(H,20,22). The third-order valence-corrected chi connectivity index (χ3v) is 3.58. The molecule has 0 unspecified atom stereocenters. The van der Waals surface area contributed by atoms with E-state index in [2.05, 4.69) is 25.1 Å². The van der Waals surface area contributed by atoms with Gasteiger partial charge in [-0.25, -0.2) is 4.98 Å². The van der Waals surface area contributed by atoms with Crippen LogP contribution in [0.15, 0.2) is 55.1 Å². The predicted octanol–water partition coefficient (Wildman–Crippen LogP) is 2.94. The van der Waals surface area contributed by atoms with Gasteiger partial charge < -0.3 is 0 Å². The molecule has 0 aliphatic heterocycles. The highest BCUT2D eigenvalue weighted by Gasteiger charge is 2.12. The van der Waals surface area contributed by atoms with Crippen molar-refractivity contribution in [1.29, 1.82) is 0 Å². The number of nitrogens with one attached hydrogen (secondary N) is 1. The SMILES string of the molecule is S=c1[nH]nc(-c2cnccn2)n1-c1ccc2ncccc2c1. The highest BCUT2D eigenvalue weighted by molar-refractivity contribution is 7.71. The molecule has 0 fully saturated rings. The summed E-state index contributed by atoms with van der Waals surface area (Å²) >= 11 is 5.36. The van der Waals surface area contributed by atoms with Gasteiger partial charge in [-0.3, -0.25) is 19.6 Å². The minimum absolute atomic E-state index is 0.504. The Morgan fingerprint density at radius 2 is 2.00 bits per heavy atom. The van der Waals surface area contributed by atoms with E-state index in [1.807, 2.05) is 34.9 Å². The molecule has 0 spiro atoms. The highest BCUT2D eigenvalue weighted by atomic mass is 32.1. The number of H-pyrrole nitrogens is 1. The minimum atomic E-state index is 0.504.